The Bertz CT molecular complexity index is 706. The molecule has 150 valence electrons. The molecule has 1 heterocycles. The summed E-state index contributed by atoms with van der Waals surface area (Å²) in [6.45, 7) is 9.22. The number of fused-ring (bicyclic) bond motifs is 1. The lowest BCUT2D eigenvalue weighted by atomic mass is 10.1. The first-order chi connectivity index (χ1) is 13.1. The van der Waals surface area contributed by atoms with Gasteiger partial charge in [-0.25, -0.2) is 0 Å². The van der Waals surface area contributed by atoms with E-state index in [0.717, 1.165) is 6.42 Å². The second-order valence-electron chi connectivity index (χ2n) is 7.74. The standard InChI is InChI=1S/C24H39NOSi/c1-6-10-11-12-13-14-19-24(26-27(7-2,8-3)9-4)23-20-21-17-15-16-18-22(21)25(23)5/h13-18,20,24H,6-12,19H2,1-5H3/b14-13+. The molecule has 3 heteroatoms. The highest BCUT2D eigenvalue weighted by Gasteiger charge is 2.33. The van der Waals surface area contributed by atoms with Crippen LogP contribution in [0.15, 0.2) is 42.5 Å². The minimum Gasteiger partial charge on any atom is -0.408 e. The van der Waals surface area contributed by atoms with Crippen LogP contribution < -0.4 is 0 Å². The predicted octanol–water partition coefficient (Wildman–Crippen LogP) is 7.77. The number of aromatic nitrogens is 1. The van der Waals surface area contributed by atoms with Crippen LogP contribution in [0.3, 0.4) is 0 Å². The van der Waals surface area contributed by atoms with E-state index in [-0.39, 0.29) is 6.10 Å². The van der Waals surface area contributed by atoms with Gasteiger partial charge in [0.25, 0.3) is 0 Å². The molecule has 0 amide bonds. The Kier molecular flexibility index (Phi) is 8.84. The molecule has 0 radical (unpaired) electrons. The van der Waals surface area contributed by atoms with Gasteiger partial charge in [-0.05, 0) is 54.9 Å². The maximum atomic E-state index is 6.98. The summed E-state index contributed by atoms with van der Waals surface area (Å²) in [4.78, 5) is 0. The van der Waals surface area contributed by atoms with E-state index in [1.807, 2.05) is 0 Å². The molecule has 2 nitrogen and oxygen atoms in total. The number of allylic oxidation sites excluding steroid dienone is 1. The number of para-hydroxylation sites is 1. The van der Waals surface area contributed by atoms with Crippen LogP contribution in [0.1, 0.15) is 71.6 Å². The van der Waals surface area contributed by atoms with E-state index in [4.69, 9.17) is 4.43 Å². The number of unbranched alkanes of at least 4 members (excludes halogenated alkanes) is 3. The summed E-state index contributed by atoms with van der Waals surface area (Å²) >= 11 is 0. The predicted molar refractivity (Wildman–Crippen MR) is 122 cm³/mol. The van der Waals surface area contributed by atoms with E-state index in [2.05, 4.69) is 81.8 Å². The van der Waals surface area contributed by atoms with Crippen LogP contribution in [0.25, 0.3) is 10.9 Å². The van der Waals surface area contributed by atoms with Crippen molar-refractivity contribution in [1.82, 2.24) is 4.57 Å². The fraction of sp³-hybridized carbons (Fsp3) is 0.583. The van der Waals surface area contributed by atoms with Crippen molar-refractivity contribution in [2.24, 2.45) is 7.05 Å². The maximum Gasteiger partial charge on any atom is 0.192 e. The van der Waals surface area contributed by atoms with Gasteiger partial charge in [-0.3, -0.25) is 0 Å². The first kappa shape index (κ1) is 22.0. The number of benzene rings is 1. The summed E-state index contributed by atoms with van der Waals surface area (Å²) in [7, 11) is 0.523. The molecule has 1 atom stereocenters. The van der Waals surface area contributed by atoms with Crippen LogP contribution in [-0.2, 0) is 11.5 Å². The Hall–Kier alpha value is -1.32. The average Bonchev–Trinajstić information content (AvgIpc) is 3.04. The van der Waals surface area contributed by atoms with Crippen LogP contribution >= 0.6 is 0 Å². The lowest BCUT2D eigenvalue weighted by Gasteiger charge is -2.33. The fourth-order valence-electron chi connectivity index (χ4n) is 4.00. The Labute approximate surface area is 167 Å². The third kappa shape index (κ3) is 5.58. The van der Waals surface area contributed by atoms with E-state index >= 15 is 0 Å². The molecule has 0 aliphatic carbocycles. The quantitative estimate of drug-likeness (QED) is 0.207. The van der Waals surface area contributed by atoms with Gasteiger partial charge in [0.05, 0.1) is 6.10 Å². The molecule has 0 aliphatic rings. The summed E-state index contributed by atoms with van der Waals surface area (Å²) in [6, 6.07) is 14.6. The molecule has 27 heavy (non-hydrogen) atoms. The Morgan fingerprint density at radius 2 is 1.70 bits per heavy atom. The molecule has 0 saturated heterocycles. The van der Waals surface area contributed by atoms with Gasteiger partial charge in [0.2, 0.25) is 0 Å². The van der Waals surface area contributed by atoms with E-state index in [1.54, 1.807) is 0 Å². The number of aryl methyl sites for hydroxylation is 1. The van der Waals surface area contributed by atoms with Crippen molar-refractivity contribution >= 4 is 19.2 Å². The summed E-state index contributed by atoms with van der Waals surface area (Å²) in [5, 5.41) is 1.31. The molecule has 1 unspecified atom stereocenters. The average molecular weight is 386 g/mol. The van der Waals surface area contributed by atoms with Crippen molar-refractivity contribution in [1.29, 1.82) is 0 Å². The summed E-state index contributed by atoms with van der Waals surface area (Å²) in [6.07, 6.45) is 11.0. The van der Waals surface area contributed by atoms with Gasteiger partial charge in [-0.2, -0.15) is 0 Å². The topological polar surface area (TPSA) is 14.2 Å². The first-order valence-corrected chi connectivity index (χ1v) is 13.5. The summed E-state index contributed by atoms with van der Waals surface area (Å²) in [5.41, 5.74) is 2.62. The van der Waals surface area contributed by atoms with Gasteiger partial charge in [-0.1, -0.05) is 70.9 Å². The minimum absolute atomic E-state index is 0.163. The van der Waals surface area contributed by atoms with Crippen molar-refractivity contribution in [3.63, 3.8) is 0 Å². The Morgan fingerprint density at radius 1 is 1.00 bits per heavy atom. The monoisotopic (exact) mass is 385 g/mol. The zero-order valence-corrected chi connectivity index (χ0v) is 19.1. The second-order valence-corrected chi connectivity index (χ2v) is 12.5. The lowest BCUT2D eigenvalue weighted by Crippen LogP contribution is -2.37. The van der Waals surface area contributed by atoms with Crippen molar-refractivity contribution < 1.29 is 4.43 Å². The second kappa shape index (κ2) is 10.9. The van der Waals surface area contributed by atoms with Gasteiger partial charge < -0.3 is 8.99 Å². The molecular formula is C24H39NOSi. The maximum absolute atomic E-state index is 6.98. The highest BCUT2D eigenvalue weighted by Crippen LogP contribution is 2.34. The van der Waals surface area contributed by atoms with Gasteiger partial charge >= 0.3 is 0 Å². The van der Waals surface area contributed by atoms with E-state index < -0.39 is 8.32 Å². The molecule has 0 bridgehead atoms. The minimum atomic E-state index is -1.66. The van der Waals surface area contributed by atoms with Crippen molar-refractivity contribution in [3.05, 3.63) is 48.2 Å². The van der Waals surface area contributed by atoms with Crippen LogP contribution in [0, 0.1) is 0 Å². The SMILES string of the molecule is CCCCC/C=C/CC(O[Si](CC)(CC)CC)c1cc2ccccc2n1C. The Balaban J connectivity index is 2.26. The highest BCUT2D eigenvalue weighted by atomic mass is 28.4. The van der Waals surface area contributed by atoms with E-state index in [0.29, 0.717) is 0 Å². The molecule has 2 aromatic rings. The van der Waals surface area contributed by atoms with Crippen LogP contribution in [0.5, 0.6) is 0 Å². The van der Waals surface area contributed by atoms with Gasteiger partial charge in [0, 0.05) is 18.3 Å². The van der Waals surface area contributed by atoms with Crippen LogP contribution in [0.2, 0.25) is 18.1 Å². The zero-order chi connectivity index (χ0) is 19.7. The third-order valence-electron chi connectivity index (χ3n) is 6.14. The third-order valence-corrected chi connectivity index (χ3v) is 10.8. The van der Waals surface area contributed by atoms with Gasteiger partial charge in [0.1, 0.15) is 0 Å². The summed E-state index contributed by atoms with van der Waals surface area (Å²) in [5.74, 6) is 0. The fourth-order valence-corrected chi connectivity index (χ4v) is 6.82. The number of nitrogens with zero attached hydrogens (tertiary/aromatic N) is 1. The highest BCUT2D eigenvalue weighted by molar-refractivity contribution is 6.73. The molecule has 0 aliphatic heterocycles. The van der Waals surface area contributed by atoms with E-state index in [1.165, 1.54) is 60.4 Å². The molecule has 0 spiro atoms. The van der Waals surface area contributed by atoms with Crippen LogP contribution in [0.4, 0.5) is 0 Å². The summed E-state index contributed by atoms with van der Waals surface area (Å²) < 4.78 is 9.32. The van der Waals surface area contributed by atoms with Crippen molar-refractivity contribution in [2.75, 3.05) is 0 Å². The number of hydrogen-bond donors (Lipinski definition) is 0. The Morgan fingerprint density at radius 3 is 2.33 bits per heavy atom. The molecule has 1 aromatic carbocycles. The molecule has 0 fully saturated rings. The van der Waals surface area contributed by atoms with Crippen molar-refractivity contribution in [2.45, 2.75) is 84.0 Å². The molecule has 0 saturated carbocycles. The number of rotatable bonds is 12. The van der Waals surface area contributed by atoms with Crippen LogP contribution in [-0.4, -0.2) is 12.9 Å². The van der Waals surface area contributed by atoms with E-state index in [9.17, 15) is 0 Å². The molecule has 1 aromatic heterocycles. The molecular weight excluding hydrogens is 346 g/mol. The molecule has 2 rings (SSSR count). The van der Waals surface area contributed by atoms with Gasteiger partial charge in [-0.15, -0.1) is 0 Å². The normalized spacial score (nSPS) is 13.7. The lowest BCUT2D eigenvalue weighted by molar-refractivity contribution is 0.185. The largest absolute Gasteiger partial charge is 0.408 e. The number of hydrogen-bond acceptors (Lipinski definition) is 1. The first-order valence-electron chi connectivity index (χ1n) is 11.0. The zero-order valence-electron chi connectivity index (χ0n) is 18.1. The van der Waals surface area contributed by atoms with Crippen molar-refractivity contribution in [3.8, 4) is 0 Å². The smallest absolute Gasteiger partial charge is 0.192 e. The van der Waals surface area contributed by atoms with Gasteiger partial charge in [0.15, 0.2) is 8.32 Å². The molecule has 0 N–H and O–H groups in total.